The van der Waals surface area contributed by atoms with Gasteiger partial charge in [-0.2, -0.15) is 0 Å². The van der Waals surface area contributed by atoms with Gasteiger partial charge in [0.15, 0.2) is 17.7 Å². The molecule has 1 aliphatic heterocycles. The third-order valence-corrected chi connectivity index (χ3v) is 6.94. The zero-order valence-corrected chi connectivity index (χ0v) is 19.4. The third kappa shape index (κ3) is 3.51. The molecule has 2 aromatic carbocycles. The molecule has 0 atom stereocenters. The van der Waals surface area contributed by atoms with Gasteiger partial charge in [-0.1, -0.05) is 35.3 Å². The third-order valence-electron chi connectivity index (χ3n) is 5.55. The van der Waals surface area contributed by atoms with Gasteiger partial charge in [-0.3, -0.25) is 4.79 Å². The van der Waals surface area contributed by atoms with Gasteiger partial charge in [0.2, 0.25) is 0 Å². The number of nitrogens with one attached hydrogen (secondary N) is 3. The van der Waals surface area contributed by atoms with Gasteiger partial charge >= 0.3 is 0 Å². The van der Waals surface area contributed by atoms with Crippen molar-refractivity contribution in [3.63, 3.8) is 0 Å². The smallest absolute Gasteiger partial charge is 0.272 e. The van der Waals surface area contributed by atoms with E-state index in [4.69, 9.17) is 37.7 Å². The summed E-state index contributed by atoms with van der Waals surface area (Å²) in [6, 6.07) is 11.1. The van der Waals surface area contributed by atoms with Crippen LogP contribution in [-0.4, -0.2) is 21.2 Å². The van der Waals surface area contributed by atoms with Crippen molar-refractivity contribution < 1.29 is 9.47 Å². The minimum absolute atomic E-state index is 0.194. The van der Waals surface area contributed by atoms with Crippen LogP contribution < -0.4 is 10.9 Å². The highest BCUT2D eigenvalue weighted by molar-refractivity contribution is 7.14. The first-order chi connectivity index (χ1) is 16.0. The van der Waals surface area contributed by atoms with Gasteiger partial charge in [-0.05, 0) is 31.2 Å². The van der Waals surface area contributed by atoms with E-state index in [1.807, 2.05) is 30.5 Å². The number of hydrogen-bond acceptors (Lipinski definition) is 6. The highest BCUT2D eigenvalue weighted by Gasteiger charge is 2.31. The summed E-state index contributed by atoms with van der Waals surface area (Å²) < 4.78 is 11.4. The summed E-state index contributed by atoms with van der Waals surface area (Å²) in [4.78, 5) is 23.3. The van der Waals surface area contributed by atoms with E-state index < -0.39 is 6.29 Å². The summed E-state index contributed by atoms with van der Waals surface area (Å²) in [5, 5.41) is 8.52. The quantitative estimate of drug-likeness (QED) is 0.260. The van der Waals surface area contributed by atoms with Crippen LogP contribution in [0.4, 0.5) is 10.8 Å². The summed E-state index contributed by atoms with van der Waals surface area (Å²) in [6.45, 7) is 1.83. The Labute approximate surface area is 201 Å². The Kier molecular flexibility index (Phi) is 4.93. The highest BCUT2D eigenvalue weighted by atomic mass is 35.5. The fraction of sp³-hybridized carbons (Fsp3) is 0.130. The van der Waals surface area contributed by atoms with Crippen molar-refractivity contribution in [3.8, 4) is 11.3 Å². The van der Waals surface area contributed by atoms with Crippen molar-refractivity contribution in [2.45, 2.75) is 19.5 Å². The molecule has 1 aliphatic rings. The van der Waals surface area contributed by atoms with Crippen molar-refractivity contribution in [3.05, 3.63) is 73.9 Å². The van der Waals surface area contributed by atoms with Crippen LogP contribution >= 0.6 is 34.5 Å². The number of aromatic amines is 2. The Morgan fingerprint density at radius 2 is 1.94 bits per heavy atom. The normalized spacial score (nSPS) is 18.0. The summed E-state index contributed by atoms with van der Waals surface area (Å²) in [7, 11) is 0. The average Bonchev–Trinajstić information content (AvgIpc) is 3.42. The number of halogens is 2. The minimum Gasteiger partial charge on any atom is -0.356 e. The van der Waals surface area contributed by atoms with Crippen LogP contribution in [0.1, 0.15) is 18.8 Å². The number of thiazole rings is 1. The molecular formula is C23H16Cl2N4O3S. The Morgan fingerprint density at radius 1 is 1.15 bits per heavy atom. The number of aromatic nitrogens is 3. The van der Waals surface area contributed by atoms with E-state index in [0.717, 1.165) is 33.1 Å². The van der Waals surface area contributed by atoms with E-state index in [2.05, 4.69) is 15.3 Å². The van der Waals surface area contributed by atoms with Crippen LogP contribution in [-0.2, 0) is 9.47 Å². The molecular weight excluding hydrogens is 483 g/mol. The van der Waals surface area contributed by atoms with E-state index in [1.165, 1.54) is 11.3 Å². The van der Waals surface area contributed by atoms with Gasteiger partial charge in [-0.25, -0.2) is 4.98 Å². The standard InChI is InChI=1S/C23H16Cl2N4O3S/c1-10-31-22(32-10)13-8-26-20-18(13)12-7-11(5-6-16(12)27-21(20)30)17-9-33-23(28-17)29-19-14(24)3-2-4-15(19)25/h2-10,22,26H,1H3,(H,27,30)(H,28,29). The molecule has 0 spiro atoms. The number of nitrogens with zero attached hydrogens (tertiary/aromatic N) is 1. The van der Waals surface area contributed by atoms with Gasteiger partial charge in [0, 0.05) is 39.0 Å². The molecule has 10 heteroatoms. The number of H-pyrrole nitrogens is 2. The Bertz CT molecular complexity index is 1570. The monoisotopic (exact) mass is 498 g/mol. The zero-order chi connectivity index (χ0) is 22.7. The van der Waals surface area contributed by atoms with Crippen LogP contribution in [0.3, 0.4) is 0 Å². The average molecular weight is 499 g/mol. The van der Waals surface area contributed by atoms with Gasteiger partial charge in [0.25, 0.3) is 5.56 Å². The largest absolute Gasteiger partial charge is 0.356 e. The molecule has 0 amide bonds. The van der Waals surface area contributed by atoms with Crippen molar-refractivity contribution in [1.82, 2.24) is 15.0 Å². The maximum atomic E-state index is 12.6. The van der Waals surface area contributed by atoms with E-state index in [1.54, 1.807) is 24.4 Å². The number of pyridine rings is 1. The number of benzene rings is 2. The highest BCUT2D eigenvalue weighted by Crippen LogP contribution is 2.39. The fourth-order valence-electron chi connectivity index (χ4n) is 3.99. The maximum Gasteiger partial charge on any atom is 0.272 e. The van der Waals surface area contributed by atoms with Crippen LogP contribution in [0.5, 0.6) is 0 Å². The lowest BCUT2D eigenvalue weighted by molar-refractivity contribution is -0.382. The molecule has 1 fully saturated rings. The lowest BCUT2D eigenvalue weighted by atomic mass is 10.0. The lowest BCUT2D eigenvalue weighted by Gasteiger charge is -2.33. The molecule has 0 saturated carbocycles. The van der Waals surface area contributed by atoms with E-state index in [-0.39, 0.29) is 11.8 Å². The Balaban J connectivity index is 1.43. The second kappa shape index (κ2) is 7.86. The predicted octanol–water partition coefficient (Wildman–Crippen LogP) is 6.57. The molecule has 3 aromatic heterocycles. The molecule has 5 aromatic rings. The molecule has 33 heavy (non-hydrogen) atoms. The number of para-hydroxylation sites is 1. The maximum absolute atomic E-state index is 12.6. The SMILES string of the molecule is CC1OC(c2c[nH]c3c(=O)[nH]c4ccc(-c5csc(Nc6c(Cl)cccc6Cl)n5)cc4c23)O1. The zero-order valence-electron chi connectivity index (χ0n) is 17.1. The number of fused-ring (bicyclic) bond motifs is 3. The van der Waals surface area contributed by atoms with E-state index in [0.29, 0.717) is 26.4 Å². The summed E-state index contributed by atoms with van der Waals surface area (Å²) in [5.41, 5.74) is 4.11. The van der Waals surface area contributed by atoms with Crippen LogP contribution in [0.15, 0.2) is 52.8 Å². The van der Waals surface area contributed by atoms with E-state index in [9.17, 15) is 4.79 Å². The van der Waals surface area contributed by atoms with Gasteiger partial charge < -0.3 is 24.8 Å². The second-order valence-corrected chi connectivity index (χ2v) is 9.31. The summed E-state index contributed by atoms with van der Waals surface area (Å²) in [5.74, 6) is 0. The predicted molar refractivity (Wildman–Crippen MR) is 132 cm³/mol. The van der Waals surface area contributed by atoms with Crippen molar-refractivity contribution in [2.75, 3.05) is 5.32 Å². The minimum atomic E-state index is -0.502. The molecule has 3 N–H and O–H groups in total. The van der Waals surface area contributed by atoms with Gasteiger partial charge in [-0.15, -0.1) is 11.3 Å². The first kappa shape index (κ1) is 20.7. The van der Waals surface area contributed by atoms with Crippen molar-refractivity contribution >= 4 is 67.2 Å². The topological polar surface area (TPSA) is 92.0 Å². The van der Waals surface area contributed by atoms with Crippen molar-refractivity contribution in [1.29, 1.82) is 0 Å². The molecule has 6 rings (SSSR count). The Hall–Kier alpha value is -2.88. The molecule has 166 valence electrons. The molecule has 0 unspecified atom stereocenters. The molecule has 0 radical (unpaired) electrons. The Morgan fingerprint density at radius 3 is 2.70 bits per heavy atom. The first-order valence-corrected chi connectivity index (χ1v) is 11.8. The fourth-order valence-corrected chi connectivity index (χ4v) is 5.21. The second-order valence-electron chi connectivity index (χ2n) is 7.64. The molecule has 4 heterocycles. The van der Waals surface area contributed by atoms with Crippen LogP contribution in [0.2, 0.25) is 10.0 Å². The van der Waals surface area contributed by atoms with Gasteiger partial charge in [0.1, 0.15) is 5.52 Å². The summed E-state index contributed by atoms with van der Waals surface area (Å²) >= 11 is 14.0. The number of rotatable bonds is 4. The van der Waals surface area contributed by atoms with Gasteiger partial charge in [0.05, 0.1) is 21.4 Å². The number of anilines is 2. The van der Waals surface area contributed by atoms with Crippen LogP contribution in [0, 0.1) is 0 Å². The molecule has 0 bridgehead atoms. The first-order valence-electron chi connectivity index (χ1n) is 10.1. The summed E-state index contributed by atoms with van der Waals surface area (Å²) in [6.07, 6.45) is 0.995. The number of hydrogen-bond donors (Lipinski definition) is 3. The molecule has 0 aliphatic carbocycles. The number of ether oxygens (including phenoxy) is 2. The molecule has 7 nitrogen and oxygen atoms in total. The van der Waals surface area contributed by atoms with E-state index >= 15 is 0 Å². The van der Waals surface area contributed by atoms with Crippen LogP contribution in [0.25, 0.3) is 33.1 Å². The molecule has 1 saturated heterocycles. The van der Waals surface area contributed by atoms with Crippen molar-refractivity contribution in [2.24, 2.45) is 0 Å². The lowest BCUT2D eigenvalue weighted by Crippen LogP contribution is -2.31.